The molecule has 0 atom stereocenters. The number of nitrogens with zero attached hydrogens (tertiary/aromatic N) is 2. The van der Waals surface area contributed by atoms with Crippen molar-refractivity contribution < 1.29 is 19.4 Å². The first-order valence-corrected chi connectivity index (χ1v) is 6.77. The number of hydrogen-bond acceptors (Lipinski definition) is 5. The van der Waals surface area contributed by atoms with Gasteiger partial charge in [0.05, 0.1) is 6.61 Å². The van der Waals surface area contributed by atoms with Gasteiger partial charge >= 0.3 is 5.97 Å². The summed E-state index contributed by atoms with van der Waals surface area (Å²) < 4.78 is 10.2. The second-order valence-electron chi connectivity index (χ2n) is 4.45. The molecule has 0 bridgehead atoms. The Bertz CT molecular complexity index is 445. The van der Waals surface area contributed by atoms with Gasteiger partial charge in [0.2, 0.25) is 0 Å². The second kappa shape index (κ2) is 9.90. The molecule has 1 N–H and O–H groups in total. The summed E-state index contributed by atoms with van der Waals surface area (Å²) in [6.07, 6.45) is 5.18. The van der Waals surface area contributed by atoms with Gasteiger partial charge in [-0.3, -0.25) is 0 Å². The van der Waals surface area contributed by atoms with Crippen LogP contribution in [0.25, 0.3) is 6.08 Å². The fourth-order valence-corrected chi connectivity index (χ4v) is 1.79. The third-order valence-electron chi connectivity index (χ3n) is 2.85. The number of pyridine rings is 1. The van der Waals surface area contributed by atoms with Crippen LogP contribution in [0.15, 0.2) is 24.4 Å². The Morgan fingerprint density at radius 1 is 1.29 bits per heavy atom. The lowest BCUT2D eigenvalue weighted by Crippen LogP contribution is -2.29. The average Bonchev–Trinajstić information content (AvgIpc) is 2.49. The fourth-order valence-electron chi connectivity index (χ4n) is 1.79. The van der Waals surface area contributed by atoms with Crippen molar-refractivity contribution >= 4 is 17.9 Å². The number of carboxylic acid groups (broad SMARTS) is 1. The number of rotatable bonds is 10. The Morgan fingerprint density at radius 2 is 2.05 bits per heavy atom. The fraction of sp³-hybridized carbons (Fsp3) is 0.467. The standard InChI is InChI=1S/C15H22N2O4/c1-20-10-3-8-17(9-11-21-2)14-6-4-13(12-16-14)5-7-15(18)19/h4-7,12H,3,8-11H2,1-2H3,(H,18,19)/b7-5+. The molecule has 1 rings (SSSR count). The van der Waals surface area contributed by atoms with Crippen molar-refractivity contribution in [2.75, 3.05) is 45.4 Å². The van der Waals surface area contributed by atoms with E-state index in [2.05, 4.69) is 9.88 Å². The molecule has 0 spiro atoms. The highest BCUT2D eigenvalue weighted by atomic mass is 16.5. The number of aromatic nitrogens is 1. The molecule has 1 heterocycles. The van der Waals surface area contributed by atoms with Gasteiger partial charge in [-0.2, -0.15) is 0 Å². The molecule has 0 aliphatic rings. The lowest BCUT2D eigenvalue weighted by atomic mass is 10.2. The van der Waals surface area contributed by atoms with Crippen LogP contribution in [-0.2, 0) is 14.3 Å². The number of carbonyl (C=O) groups is 1. The molecule has 0 unspecified atom stereocenters. The zero-order chi connectivity index (χ0) is 15.5. The minimum absolute atomic E-state index is 0.620. The van der Waals surface area contributed by atoms with Crippen LogP contribution in [0.1, 0.15) is 12.0 Å². The summed E-state index contributed by atoms with van der Waals surface area (Å²) in [7, 11) is 3.35. The zero-order valence-electron chi connectivity index (χ0n) is 12.5. The Hall–Kier alpha value is -1.92. The van der Waals surface area contributed by atoms with E-state index in [9.17, 15) is 4.79 Å². The Kier molecular flexibility index (Phi) is 8.08. The molecule has 1 aromatic heterocycles. The van der Waals surface area contributed by atoms with Gasteiger partial charge in [0.1, 0.15) is 5.82 Å². The molecule has 0 amide bonds. The number of carboxylic acids is 1. The van der Waals surface area contributed by atoms with Crippen molar-refractivity contribution in [2.24, 2.45) is 0 Å². The molecular weight excluding hydrogens is 272 g/mol. The molecular formula is C15H22N2O4. The maximum absolute atomic E-state index is 10.5. The van der Waals surface area contributed by atoms with Crippen LogP contribution in [0.3, 0.4) is 0 Å². The van der Waals surface area contributed by atoms with Crippen molar-refractivity contribution in [3.8, 4) is 0 Å². The van der Waals surface area contributed by atoms with Crippen LogP contribution in [-0.4, -0.2) is 56.6 Å². The molecule has 116 valence electrons. The second-order valence-corrected chi connectivity index (χ2v) is 4.45. The van der Waals surface area contributed by atoms with E-state index < -0.39 is 5.97 Å². The molecule has 0 aliphatic carbocycles. The van der Waals surface area contributed by atoms with E-state index in [0.29, 0.717) is 13.2 Å². The van der Waals surface area contributed by atoms with Crippen LogP contribution in [0.2, 0.25) is 0 Å². The maximum atomic E-state index is 10.5. The van der Waals surface area contributed by atoms with Crippen molar-refractivity contribution in [3.05, 3.63) is 30.0 Å². The van der Waals surface area contributed by atoms with Crippen LogP contribution < -0.4 is 4.90 Å². The van der Waals surface area contributed by atoms with E-state index in [4.69, 9.17) is 14.6 Å². The topological polar surface area (TPSA) is 71.9 Å². The molecule has 0 radical (unpaired) electrons. The summed E-state index contributed by atoms with van der Waals surface area (Å²) in [5.41, 5.74) is 0.754. The average molecular weight is 294 g/mol. The summed E-state index contributed by atoms with van der Waals surface area (Å²) in [6.45, 7) is 2.89. The normalized spacial score (nSPS) is 11.0. The van der Waals surface area contributed by atoms with E-state index in [1.165, 1.54) is 6.08 Å². The quantitative estimate of drug-likeness (QED) is 0.523. The highest BCUT2D eigenvalue weighted by Crippen LogP contribution is 2.12. The van der Waals surface area contributed by atoms with Gasteiger partial charge in [0.15, 0.2) is 0 Å². The highest BCUT2D eigenvalue weighted by Gasteiger charge is 2.07. The number of hydrogen-bond donors (Lipinski definition) is 1. The van der Waals surface area contributed by atoms with Gasteiger partial charge in [-0.1, -0.05) is 0 Å². The number of aliphatic carboxylic acids is 1. The van der Waals surface area contributed by atoms with Crippen LogP contribution >= 0.6 is 0 Å². The van der Waals surface area contributed by atoms with E-state index in [0.717, 1.165) is 37.0 Å². The Labute approximate surface area is 125 Å². The first-order chi connectivity index (χ1) is 10.2. The van der Waals surface area contributed by atoms with Crippen LogP contribution in [0.4, 0.5) is 5.82 Å². The van der Waals surface area contributed by atoms with Crippen molar-refractivity contribution in [2.45, 2.75) is 6.42 Å². The number of ether oxygens (including phenoxy) is 2. The van der Waals surface area contributed by atoms with Gasteiger partial charge < -0.3 is 19.5 Å². The van der Waals surface area contributed by atoms with E-state index in [1.54, 1.807) is 20.4 Å². The maximum Gasteiger partial charge on any atom is 0.328 e. The van der Waals surface area contributed by atoms with Crippen LogP contribution in [0, 0.1) is 0 Å². The summed E-state index contributed by atoms with van der Waals surface area (Å²) in [5, 5.41) is 8.59. The predicted octanol–water partition coefficient (Wildman–Crippen LogP) is 1.67. The van der Waals surface area contributed by atoms with Gasteiger partial charge in [0.25, 0.3) is 0 Å². The molecule has 6 heteroatoms. The van der Waals surface area contributed by atoms with Gasteiger partial charge in [-0.05, 0) is 30.2 Å². The zero-order valence-corrected chi connectivity index (χ0v) is 12.5. The van der Waals surface area contributed by atoms with Crippen molar-refractivity contribution in [1.82, 2.24) is 4.98 Å². The highest BCUT2D eigenvalue weighted by molar-refractivity contribution is 5.85. The third-order valence-corrected chi connectivity index (χ3v) is 2.85. The molecule has 6 nitrogen and oxygen atoms in total. The molecule has 21 heavy (non-hydrogen) atoms. The predicted molar refractivity (Wildman–Crippen MR) is 81.5 cm³/mol. The number of anilines is 1. The summed E-state index contributed by atoms with van der Waals surface area (Å²) in [4.78, 5) is 17.0. The first kappa shape index (κ1) is 17.1. The van der Waals surface area contributed by atoms with Crippen molar-refractivity contribution in [1.29, 1.82) is 0 Å². The SMILES string of the molecule is COCCCN(CCOC)c1ccc(/C=C/C(=O)O)cn1. The lowest BCUT2D eigenvalue weighted by Gasteiger charge is -2.23. The molecule has 0 saturated carbocycles. The molecule has 0 aromatic carbocycles. The third kappa shape index (κ3) is 6.87. The van der Waals surface area contributed by atoms with E-state index in [-0.39, 0.29) is 0 Å². The van der Waals surface area contributed by atoms with E-state index >= 15 is 0 Å². The Balaban J connectivity index is 2.69. The van der Waals surface area contributed by atoms with Gasteiger partial charge in [0, 0.05) is 46.2 Å². The summed E-state index contributed by atoms with van der Waals surface area (Å²) in [5.74, 6) is -0.129. The lowest BCUT2D eigenvalue weighted by molar-refractivity contribution is -0.131. The smallest absolute Gasteiger partial charge is 0.328 e. The van der Waals surface area contributed by atoms with E-state index in [1.807, 2.05) is 12.1 Å². The summed E-state index contributed by atoms with van der Waals surface area (Å²) >= 11 is 0. The van der Waals surface area contributed by atoms with Gasteiger partial charge in [-0.25, -0.2) is 9.78 Å². The Morgan fingerprint density at radius 3 is 2.62 bits per heavy atom. The largest absolute Gasteiger partial charge is 0.478 e. The monoisotopic (exact) mass is 294 g/mol. The van der Waals surface area contributed by atoms with Crippen LogP contribution in [0.5, 0.6) is 0 Å². The number of methoxy groups -OCH3 is 2. The molecule has 0 aliphatic heterocycles. The molecule has 0 saturated heterocycles. The minimum atomic E-state index is -0.972. The first-order valence-electron chi connectivity index (χ1n) is 6.77. The molecule has 0 fully saturated rings. The van der Waals surface area contributed by atoms with Gasteiger partial charge in [-0.15, -0.1) is 0 Å². The minimum Gasteiger partial charge on any atom is -0.478 e. The molecule has 1 aromatic rings. The van der Waals surface area contributed by atoms with Crippen molar-refractivity contribution in [3.63, 3.8) is 0 Å². The summed E-state index contributed by atoms with van der Waals surface area (Å²) in [6, 6.07) is 3.72.